The van der Waals surface area contributed by atoms with Gasteiger partial charge in [-0.2, -0.15) is 0 Å². The summed E-state index contributed by atoms with van der Waals surface area (Å²) in [5.41, 5.74) is 2.28. The molecule has 1 aliphatic rings. The number of sulfone groups is 1. The minimum atomic E-state index is -3.26. The maximum atomic E-state index is 12.4. The molecule has 7 heteroatoms. The highest BCUT2D eigenvalue weighted by atomic mass is 32.2. The number of nitrogens with one attached hydrogen (secondary N) is 1. The van der Waals surface area contributed by atoms with Gasteiger partial charge in [0, 0.05) is 49.4 Å². The zero-order valence-corrected chi connectivity index (χ0v) is 16.5. The van der Waals surface area contributed by atoms with Crippen LogP contribution < -0.4 is 10.2 Å². The molecule has 3 rings (SSSR count). The fourth-order valence-corrected chi connectivity index (χ4v) is 3.77. The molecular weight excluding hydrogens is 362 g/mol. The van der Waals surface area contributed by atoms with Gasteiger partial charge in [-0.25, -0.2) is 8.42 Å². The second kappa shape index (κ2) is 8.10. The number of nitrogens with zero attached hydrogens (tertiary/aromatic N) is 2. The van der Waals surface area contributed by atoms with Gasteiger partial charge >= 0.3 is 0 Å². The van der Waals surface area contributed by atoms with E-state index in [-0.39, 0.29) is 10.8 Å². The van der Waals surface area contributed by atoms with Crippen LogP contribution in [0, 0.1) is 0 Å². The third-order valence-corrected chi connectivity index (χ3v) is 5.98. The summed E-state index contributed by atoms with van der Waals surface area (Å²) in [6.07, 6.45) is 1.14. The van der Waals surface area contributed by atoms with Gasteiger partial charge in [0.05, 0.1) is 4.90 Å². The fraction of sp³-hybridized carbons (Fsp3) is 0.350. The number of hydrogen-bond acceptors (Lipinski definition) is 5. The van der Waals surface area contributed by atoms with Gasteiger partial charge in [0.1, 0.15) is 0 Å². The Morgan fingerprint density at radius 2 is 1.56 bits per heavy atom. The first kappa shape index (κ1) is 19.4. The first-order chi connectivity index (χ1) is 12.9. The van der Waals surface area contributed by atoms with Crippen LogP contribution in [0.15, 0.2) is 53.4 Å². The van der Waals surface area contributed by atoms with E-state index in [2.05, 4.69) is 22.0 Å². The normalized spacial score (nSPS) is 15.6. The van der Waals surface area contributed by atoms with E-state index in [9.17, 15) is 13.2 Å². The van der Waals surface area contributed by atoms with Crippen molar-refractivity contribution in [2.45, 2.75) is 11.8 Å². The maximum Gasteiger partial charge on any atom is 0.255 e. The lowest BCUT2D eigenvalue weighted by molar-refractivity contribution is 0.102. The van der Waals surface area contributed by atoms with Crippen LogP contribution in [-0.4, -0.2) is 58.2 Å². The van der Waals surface area contributed by atoms with E-state index in [0.29, 0.717) is 11.3 Å². The summed E-state index contributed by atoms with van der Waals surface area (Å²) < 4.78 is 23.0. The number of likely N-dealkylation sites (N-methyl/N-ethyl adjacent to an activating group) is 1. The van der Waals surface area contributed by atoms with Gasteiger partial charge < -0.3 is 15.1 Å². The van der Waals surface area contributed by atoms with Crippen LogP contribution in [0.5, 0.6) is 0 Å². The lowest BCUT2D eigenvalue weighted by atomic mass is 10.2. The molecule has 1 amide bonds. The molecule has 0 unspecified atom stereocenters. The summed E-state index contributed by atoms with van der Waals surface area (Å²) in [6.45, 7) is 7.42. The maximum absolute atomic E-state index is 12.4. The number of benzene rings is 2. The molecule has 1 saturated heterocycles. The monoisotopic (exact) mass is 387 g/mol. The third kappa shape index (κ3) is 4.87. The number of carbonyl (C=O) groups is 1. The first-order valence-electron chi connectivity index (χ1n) is 9.05. The predicted molar refractivity (Wildman–Crippen MR) is 108 cm³/mol. The van der Waals surface area contributed by atoms with Crippen molar-refractivity contribution in [2.75, 3.05) is 49.2 Å². The van der Waals surface area contributed by atoms with Gasteiger partial charge in [-0.1, -0.05) is 6.92 Å². The van der Waals surface area contributed by atoms with Crippen molar-refractivity contribution in [3.63, 3.8) is 0 Å². The Morgan fingerprint density at radius 1 is 0.963 bits per heavy atom. The van der Waals surface area contributed by atoms with Crippen molar-refractivity contribution in [3.05, 3.63) is 54.1 Å². The van der Waals surface area contributed by atoms with Gasteiger partial charge in [-0.3, -0.25) is 4.79 Å². The average molecular weight is 388 g/mol. The number of amides is 1. The largest absolute Gasteiger partial charge is 0.369 e. The molecule has 2 aromatic rings. The van der Waals surface area contributed by atoms with Crippen molar-refractivity contribution in [1.29, 1.82) is 0 Å². The molecule has 1 heterocycles. The summed E-state index contributed by atoms with van der Waals surface area (Å²) in [6, 6.07) is 13.8. The van der Waals surface area contributed by atoms with Crippen molar-refractivity contribution in [2.24, 2.45) is 0 Å². The zero-order chi connectivity index (χ0) is 19.4. The van der Waals surface area contributed by atoms with Gasteiger partial charge in [0.15, 0.2) is 9.84 Å². The number of hydrogen-bond donors (Lipinski definition) is 1. The Labute approximate surface area is 160 Å². The van der Waals surface area contributed by atoms with E-state index in [1.54, 1.807) is 0 Å². The molecule has 27 heavy (non-hydrogen) atoms. The number of anilines is 2. The summed E-state index contributed by atoms with van der Waals surface area (Å²) in [5, 5.41) is 2.85. The van der Waals surface area contributed by atoms with Crippen LogP contribution in [0.25, 0.3) is 0 Å². The van der Waals surface area contributed by atoms with E-state index in [4.69, 9.17) is 0 Å². The molecule has 144 valence electrons. The highest BCUT2D eigenvalue weighted by molar-refractivity contribution is 7.90. The lowest BCUT2D eigenvalue weighted by Gasteiger charge is -2.35. The topological polar surface area (TPSA) is 69.7 Å². The van der Waals surface area contributed by atoms with E-state index < -0.39 is 9.84 Å². The van der Waals surface area contributed by atoms with Gasteiger partial charge in [0.2, 0.25) is 0 Å². The van der Waals surface area contributed by atoms with Crippen LogP contribution in [-0.2, 0) is 9.84 Å². The minimum Gasteiger partial charge on any atom is -0.369 e. The standard InChI is InChI=1S/C20H25N3O3S/c1-3-22-12-14-23(15-13-22)18-8-6-17(7-9-18)21-20(24)16-4-10-19(11-5-16)27(2,25)26/h4-11H,3,12-15H2,1-2H3,(H,21,24). The number of rotatable bonds is 5. The van der Waals surface area contributed by atoms with Crippen LogP contribution in [0.2, 0.25) is 0 Å². The van der Waals surface area contributed by atoms with E-state index in [0.717, 1.165) is 44.7 Å². The summed E-state index contributed by atoms with van der Waals surface area (Å²) in [7, 11) is -3.26. The quantitative estimate of drug-likeness (QED) is 0.854. The van der Waals surface area contributed by atoms with Gasteiger partial charge in [-0.05, 0) is 55.1 Å². The molecule has 1 fully saturated rings. The smallest absolute Gasteiger partial charge is 0.255 e. The van der Waals surface area contributed by atoms with Crippen LogP contribution in [0.3, 0.4) is 0 Å². The Balaban J connectivity index is 1.62. The molecule has 0 radical (unpaired) electrons. The SMILES string of the molecule is CCN1CCN(c2ccc(NC(=O)c3ccc(S(C)(=O)=O)cc3)cc2)CC1. The second-order valence-corrected chi connectivity index (χ2v) is 8.73. The summed E-state index contributed by atoms with van der Waals surface area (Å²) in [4.78, 5) is 17.3. The fourth-order valence-electron chi connectivity index (χ4n) is 3.13. The first-order valence-corrected chi connectivity index (χ1v) is 10.9. The Morgan fingerprint density at radius 3 is 2.07 bits per heavy atom. The molecule has 0 saturated carbocycles. The van der Waals surface area contributed by atoms with Gasteiger partial charge in [-0.15, -0.1) is 0 Å². The van der Waals surface area contributed by atoms with Crippen molar-refractivity contribution in [1.82, 2.24) is 4.90 Å². The van der Waals surface area contributed by atoms with E-state index >= 15 is 0 Å². The average Bonchev–Trinajstić information content (AvgIpc) is 2.68. The van der Waals surface area contributed by atoms with Crippen LogP contribution in [0.4, 0.5) is 11.4 Å². The highest BCUT2D eigenvalue weighted by Gasteiger charge is 2.16. The number of carbonyl (C=O) groups excluding carboxylic acids is 1. The molecule has 2 aromatic carbocycles. The van der Waals surface area contributed by atoms with Crippen LogP contribution >= 0.6 is 0 Å². The molecule has 1 aliphatic heterocycles. The minimum absolute atomic E-state index is 0.201. The lowest BCUT2D eigenvalue weighted by Crippen LogP contribution is -2.46. The molecule has 0 spiro atoms. The molecular formula is C20H25N3O3S. The summed E-state index contributed by atoms with van der Waals surface area (Å²) >= 11 is 0. The highest BCUT2D eigenvalue weighted by Crippen LogP contribution is 2.20. The van der Waals surface area contributed by atoms with E-state index in [1.807, 2.05) is 24.3 Å². The Hall–Kier alpha value is -2.38. The predicted octanol–water partition coefficient (Wildman–Crippen LogP) is 2.48. The van der Waals surface area contributed by atoms with Crippen molar-refractivity contribution < 1.29 is 13.2 Å². The zero-order valence-electron chi connectivity index (χ0n) is 15.7. The molecule has 0 atom stereocenters. The third-order valence-electron chi connectivity index (χ3n) is 4.85. The van der Waals surface area contributed by atoms with Crippen LogP contribution in [0.1, 0.15) is 17.3 Å². The van der Waals surface area contributed by atoms with Crippen molar-refractivity contribution >= 4 is 27.1 Å². The molecule has 0 bridgehead atoms. The Kier molecular flexibility index (Phi) is 5.82. The van der Waals surface area contributed by atoms with E-state index in [1.165, 1.54) is 24.3 Å². The molecule has 0 aliphatic carbocycles. The van der Waals surface area contributed by atoms with Gasteiger partial charge in [0.25, 0.3) is 5.91 Å². The molecule has 1 N–H and O–H groups in total. The summed E-state index contributed by atoms with van der Waals surface area (Å²) in [5.74, 6) is -0.264. The second-order valence-electron chi connectivity index (χ2n) is 6.72. The number of piperazine rings is 1. The molecule has 0 aromatic heterocycles. The van der Waals surface area contributed by atoms with Crippen molar-refractivity contribution in [3.8, 4) is 0 Å². The Bertz CT molecular complexity index is 885. The molecule has 6 nitrogen and oxygen atoms in total.